The van der Waals surface area contributed by atoms with Crippen molar-refractivity contribution in [3.8, 4) is 0 Å². The highest BCUT2D eigenvalue weighted by atomic mass is 32.2. The van der Waals surface area contributed by atoms with E-state index in [1.807, 2.05) is 18.2 Å². The van der Waals surface area contributed by atoms with Gasteiger partial charge in [-0.2, -0.15) is 0 Å². The molecule has 0 unspecified atom stereocenters. The van der Waals surface area contributed by atoms with Crippen molar-refractivity contribution in [3.63, 3.8) is 0 Å². The van der Waals surface area contributed by atoms with E-state index in [2.05, 4.69) is 10.3 Å². The third-order valence-electron chi connectivity index (χ3n) is 3.44. The number of benzene rings is 1. The second kappa shape index (κ2) is 7.28. The van der Waals surface area contributed by atoms with Gasteiger partial charge in [-0.15, -0.1) is 11.8 Å². The number of aromatic nitrogens is 1. The average Bonchev–Trinajstić information content (AvgIpc) is 2.58. The molecule has 0 fully saturated rings. The molecular formula is C17H16N2O3S. The molecule has 1 amide bonds. The Kier molecular flexibility index (Phi) is 4.92. The van der Waals surface area contributed by atoms with Crippen molar-refractivity contribution in [1.82, 2.24) is 4.98 Å². The molecule has 1 N–H and O–H groups in total. The van der Waals surface area contributed by atoms with Crippen molar-refractivity contribution in [2.24, 2.45) is 0 Å². The van der Waals surface area contributed by atoms with Gasteiger partial charge in [-0.3, -0.25) is 9.78 Å². The van der Waals surface area contributed by atoms with Crippen LogP contribution in [0.5, 0.6) is 0 Å². The van der Waals surface area contributed by atoms with E-state index in [4.69, 9.17) is 4.74 Å². The van der Waals surface area contributed by atoms with Gasteiger partial charge in [0.15, 0.2) is 0 Å². The molecule has 0 saturated carbocycles. The van der Waals surface area contributed by atoms with Crippen LogP contribution in [-0.4, -0.2) is 29.2 Å². The molecule has 5 nitrogen and oxygen atoms in total. The summed E-state index contributed by atoms with van der Waals surface area (Å²) < 4.78 is 5.29. The molecule has 0 atom stereocenters. The van der Waals surface area contributed by atoms with Crippen LogP contribution < -0.4 is 5.32 Å². The van der Waals surface area contributed by atoms with Gasteiger partial charge in [0, 0.05) is 17.3 Å². The van der Waals surface area contributed by atoms with Gasteiger partial charge in [0.2, 0.25) is 5.91 Å². The number of pyridine rings is 1. The van der Waals surface area contributed by atoms with E-state index in [1.165, 1.54) is 17.3 Å². The minimum absolute atomic E-state index is 0.0506. The SMILES string of the molecule is O=C1CSc2ccc(C(=O)OCCCc3ccncc3)cc2N1. The maximum atomic E-state index is 12.1. The Hall–Kier alpha value is -2.34. The normalized spacial score (nSPS) is 13.1. The molecule has 0 aliphatic carbocycles. The van der Waals surface area contributed by atoms with E-state index in [0.717, 1.165) is 17.7 Å². The van der Waals surface area contributed by atoms with Crippen LogP contribution in [0.1, 0.15) is 22.3 Å². The van der Waals surface area contributed by atoms with Crippen LogP contribution in [0, 0.1) is 0 Å². The first-order valence-electron chi connectivity index (χ1n) is 7.35. The molecule has 1 aliphatic rings. The summed E-state index contributed by atoms with van der Waals surface area (Å²) in [5.41, 5.74) is 2.30. The topological polar surface area (TPSA) is 68.3 Å². The molecular weight excluding hydrogens is 312 g/mol. The summed E-state index contributed by atoms with van der Waals surface area (Å²) in [7, 11) is 0. The minimum Gasteiger partial charge on any atom is -0.462 e. The smallest absolute Gasteiger partial charge is 0.338 e. The Balaban J connectivity index is 1.52. The number of aryl methyl sites for hydroxylation is 1. The monoisotopic (exact) mass is 328 g/mol. The third kappa shape index (κ3) is 4.10. The van der Waals surface area contributed by atoms with Crippen molar-refractivity contribution in [1.29, 1.82) is 0 Å². The van der Waals surface area contributed by atoms with Crippen LogP contribution >= 0.6 is 11.8 Å². The fourth-order valence-electron chi connectivity index (χ4n) is 2.28. The third-order valence-corrected chi connectivity index (χ3v) is 4.51. The molecule has 0 saturated heterocycles. The van der Waals surface area contributed by atoms with E-state index < -0.39 is 0 Å². The number of esters is 1. The number of carbonyl (C=O) groups is 2. The van der Waals surface area contributed by atoms with Gasteiger partial charge < -0.3 is 10.1 Å². The molecule has 1 aliphatic heterocycles. The van der Waals surface area contributed by atoms with Gasteiger partial charge in [0.1, 0.15) is 0 Å². The quantitative estimate of drug-likeness (QED) is 0.675. The van der Waals surface area contributed by atoms with E-state index in [-0.39, 0.29) is 11.9 Å². The van der Waals surface area contributed by atoms with Crippen molar-refractivity contribution in [2.75, 3.05) is 17.7 Å². The molecule has 1 aromatic carbocycles. The Bertz CT molecular complexity index is 719. The molecule has 2 aromatic rings. The highest BCUT2D eigenvalue weighted by Gasteiger charge is 2.17. The highest BCUT2D eigenvalue weighted by molar-refractivity contribution is 8.00. The lowest BCUT2D eigenvalue weighted by atomic mass is 10.1. The van der Waals surface area contributed by atoms with Crippen LogP contribution in [0.15, 0.2) is 47.6 Å². The van der Waals surface area contributed by atoms with Crippen LogP contribution in [-0.2, 0) is 16.0 Å². The fraction of sp³-hybridized carbons (Fsp3) is 0.235. The number of anilines is 1. The standard InChI is InChI=1S/C17H16N2O3S/c20-16-11-23-15-4-3-13(10-14(15)19-16)17(21)22-9-1-2-12-5-7-18-8-6-12/h3-8,10H,1-2,9,11H2,(H,19,20). The minimum atomic E-state index is -0.368. The summed E-state index contributed by atoms with van der Waals surface area (Å²) in [6.07, 6.45) is 5.10. The lowest BCUT2D eigenvalue weighted by Crippen LogP contribution is -2.19. The molecule has 6 heteroatoms. The number of carbonyl (C=O) groups excluding carboxylic acids is 2. The number of amides is 1. The number of hydrogen-bond donors (Lipinski definition) is 1. The van der Waals surface area contributed by atoms with Crippen molar-refractivity contribution < 1.29 is 14.3 Å². The summed E-state index contributed by atoms with van der Waals surface area (Å²) in [5, 5.41) is 2.77. The number of nitrogens with zero attached hydrogens (tertiary/aromatic N) is 1. The summed E-state index contributed by atoms with van der Waals surface area (Å²) in [6.45, 7) is 0.360. The second-order valence-corrected chi connectivity index (χ2v) is 6.16. The highest BCUT2D eigenvalue weighted by Crippen LogP contribution is 2.32. The zero-order valence-electron chi connectivity index (χ0n) is 12.5. The average molecular weight is 328 g/mol. The maximum absolute atomic E-state index is 12.1. The van der Waals surface area contributed by atoms with Crippen LogP contribution in [0.2, 0.25) is 0 Å². The zero-order valence-corrected chi connectivity index (χ0v) is 13.3. The molecule has 0 bridgehead atoms. The predicted molar refractivity (Wildman–Crippen MR) is 88.6 cm³/mol. The Morgan fingerprint density at radius 1 is 1.26 bits per heavy atom. The zero-order chi connectivity index (χ0) is 16.1. The lowest BCUT2D eigenvalue weighted by molar-refractivity contribution is -0.113. The van der Waals surface area contributed by atoms with Gasteiger partial charge in [-0.05, 0) is 48.7 Å². The largest absolute Gasteiger partial charge is 0.462 e. The molecule has 3 rings (SSSR count). The van der Waals surface area contributed by atoms with Crippen LogP contribution in [0.25, 0.3) is 0 Å². The summed E-state index contributed by atoms with van der Waals surface area (Å²) in [4.78, 5) is 28.4. The lowest BCUT2D eigenvalue weighted by Gasteiger charge is -2.16. The molecule has 1 aromatic heterocycles. The Morgan fingerprint density at radius 3 is 2.91 bits per heavy atom. The number of rotatable bonds is 5. The molecule has 118 valence electrons. The number of ether oxygens (including phenoxy) is 1. The van der Waals surface area contributed by atoms with Gasteiger partial charge in [-0.25, -0.2) is 4.79 Å². The summed E-state index contributed by atoms with van der Waals surface area (Å²) in [5.74, 6) is -0.0102. The van der Waals surface area contributed by atoms with Crippen molar-refractivity contribution in [3.05, 3.63) is 53.9 Å². The first-order chi connectivity index (χ1) is 11.2. The summed E-state index contributed by atoms with van der Waals surface area (Å²) in [6, 6.07) is 9.14. The molecule has 23 heavy (non-hydrogen) atoms. The number of nitrogens with one attached hydrogen (secondary N) is 1. The Labute approximate surface area is 138 Å². The number of thioether (sulfide) groups is 1. The van der Waals surface area contributed by atoms with Crippen molar-refractivity contribution in [2.45, 2.75) is 17.7 Å². The van der Waals surface area contributed by atoms with E-state index in [0.29, 0.717) is 23.6 Å². The van der Waals surface area contributed by atoms with Crippen LogP contribution in [0.3, 0.4) is 0 Å². The van der Waals surface area contributed by atoms with E-state index in [1.54, 1.807) is 24.5 Å². The maximum Gasteiger partial charge on any atom is 0.338 e. The number of hydrogen-bond acceptors (Lipinski definition) is 5. The van der Waals surface area contributed by atoms with Gasteiger partial charge in [-0.1, -0.05) is 0 Å². The van der Waals surface area contributed by atoms with Gasteiger partial charge in [0.25, 0.3) is 0 Å². The summed E-state index contributed by atoms with van der Waals surface area (Å²) >= 11 is 1.47. The van der Waals surface area contributed by atoms with E-state index >= 15 is 0 Å². The van der Waals surface area contributed by atoms with E-state index in [9.17, 15) is 9.59 Å². The Morgan fingerprint density at radius 2 is 2.09 bits per heavy atom. The van der Waals surface area contributed by atoms with Gasteiger partial charge >= 0.3 is 5.97 Å². The molecule has 2 heterocycles. The first-order valence-corrected chi connectivity index (χ1v) is 8.34. The fourth-order valence-corrected chi connectivity index (χ4v) is 3.07. The second-order valence-electron chi connectivity index (χ2n) is 5.14. The predicted octanol–water partition coefficient (Wildman–Crippen LogP) is 2.92. The number of fused-ring (bicyclic) bond motifs is 1. The first kappa shape index (κ1) is 15.6. The van der Waals surface area contributed by atoms with Crippen LogP contribution in [0.4, 0.5) is 5.69 Å². The molecule has 0 radical (unpaired) electrons. The van der Waals surface area contributed by atoms with Gasteiger partial charge in [0.05, 0.1) is 23.6 Å². The van der Waals surface area contributed by atoms with Crippen molar-refractivity contribution >= 4 is 29.3 Å². The molecule has 0 spiro atoms.